The Bertz CT molecular complexity index is 711. The van der Waals surface area contributed by atoms with Gasteiger partial charge in [-0.1, -0.05) is 18.2 Å². The summed E-state index contributed by atoms with van der Waals surface area (Å²) in [5, 5.41) is 9.12. The Hall–Kier alpha value is -2.49. The van der Waals surface area contributed by atoms with Crippen molar-refractivity contribution < 1.29 is 14.6 Å². The van der Waals surface area contributed by atoms with Crippen LogP contribution in [0, 0.1) is 6.92 Å². The molecule has 1 aliphatic rings. The lowest BCUT2D eigenvalue weighted by Crippen LogP contribution is -2.38. The Morgan fingerprint density at radius 2 is 2.14 bits per heavy atom. The van der Waals surface area contributed by atoms with Gasteiger partial charge in [-0.25, -0.2) is 4.79 Å². The summed E-state index contributed by atoms with van der Waals surface area (Å²) in [6.07, 6.45) is 0.109. The lowest BCUT2D eigenvalue weighted by molar-refractivity contribution is 0.0696. The number of rotatable bonds is 3. The molecule has 0 saturated heterocycles. The highest BCUT2D eigenvalue weighted by atomic mass is 16.5. The van der Waals surface area contributed by atoms with Crippen LogP contribution in [0.1, 0.15) is 28.4 Å². The predicted octanol–water partition coefficient (Wildman–Crippen LogP) is 3.48. The summed E-state index contributed by atoms with van der Waals surface area (Å²) in [5.74, 6) is -0.00724. The number of ether oxygens (including phenoxy) is 1. The average Bonchev–Trinajstić information content (AvgIpc) is 2.48. The number of anilines is 1. The zero-order valence-corrected chi connectivity index (χ0v) is 12.7. The summed E-state index contributed by atoms with van der Waals surface area (Å²) in [7, 11) is 0. The molecule has 3 rings (SSSR count). The summed E-state index contributed by atoms with van der Waals surface area (Å²) in [6.45, 7) is 5.56. The molecule has 114 valence electrons. The Balaban J connectivity index is 1.91. The number of benzene rings is 2. The number of carbonyl (C=O) groups is 1. The van der Waals surface area contributed by atoms with E-state index in [1.165, 1.54) is 5.56 Å². The van der Waals surface area contributed by atoms with Gasteiger partial charge >= 0.3 is 5.97 Å². The van der Waals surface area contributed by atoms with Crippen molar-refractivity contribution in [2.75, 3.05) is 11.4 Å². The standard InChI is InChI=1S/C18H19NO3/c1-12-6-7-17-16(8-12)19(10-13(2)22-17)11-14-4-3-5-15(9-14)18(20)21/h3-9,13H,10-11H2,1-2H3,(H,20,21). The Kier molecular flexibility index (Phi) is 3.75. The first-order valence-corrected chi connectivity index (χ1v) is 7.37. The smallest absolute Gasteiger partial charge is 0.335 e. The molecule has 0 radical (unpaired) electrons. The van der Waals surface area contributed by atoms with Crippen molar-refractivity contribution in [3.8, 4) is 5.75 Å². The molecule has 1 N–H and O–H groups in total. The van der Waals surface area contributed by atoms with Crippen LogP contribution in [0.2, 0.25) is 0 Å². The van der Waals surface area contributed by atoms with E-state index in [9.17, 15) is 4.79 Å². The molecule has 1 heterocycles. The van der Waals surface area contributed by atoms with E-state index in [0.29, 0.717) is 12.1 Å². The van der Waals surface area contributed by atoms with Gasteiger partial charge in [-0.05, 0) is 49.2 Å². The highest BCUT2D eigenvalue weighted by molar-refractivity contribution is 5.87. The lowest BCUT2D eigenvalue weighted by Gasteiger charge is -2.35. The van der Waals surface area contributed by atoms with E-state index in [0.717, 1.165) is 23.5 Å². The van der Waals surface area contributed by atoms with Crippen molar-refractivity contribution in [3.05, 3.63) is 59.2 Å². The second-order valence-electron chi connectivity index (χ2n) is 5.79. The summed E-state index contributed by atoms with van der Waals surface area (Å²) in [4.78, 5) is 13.4. The van der Waals surface area contributed by atoms with E-state index in [4.69, 9.17) is 9.84 Å². The van der Waals surface area contributed by atoms with Gasteiger partial charge in [0.1, 0.15) is 11.9 Å². The first-order valence-electron chi connectivity index (χ1n) is 7.37. The molecule has 0 fully saturated rings. The molecule has 22 heavy (non-hydrogen) atoms. The average molecular weight is 297 g/mol. The Morgan fingerprint density at radius 3 is 2.91 bits per heavy atom. The zero-order valence-electron chi connectivity index (χ0n) is 12.7. The molecule has 0 spiro atoms. The number of fused-ring (bicyclic) bond motifs is 1. The molecule has 2 aromatic carbocycles. The fraction of sp³-hybridized carbons (Fsp3) is 0.278. The molecule has 2 aromatic rings. The molecule has 1 aliphatic heterocycles. The fourth-order valence-electron chi connectivity index (χ4n) is 2.81. The normalized spacial score (nSPS) is 16.8. The summed E-state index contributed by atoms with van der Waals surface area (Å²) in [6, 6.07) is 13.3. The maximum atomic E-state index is 11.1. The quantitative estimate of drug-likeness (QED) is 0.942. The van der Waals surface area contributed by atoms with Gasteiger partial charge in [0, 0.05) is 6.54 Å². The van der Waals surface area contributed by atoms with E-state index in [1.807, 2.05) is 25.1 Å². The highest BCUT2D eigenvalue weighted by Gasteiger charge is 2.23. The monoisotopic (exact) mass is 297 g/mol. The molecule has 1 atom stereocenters. The summed E-state index contributed by atoms with van der Waals surface area (Å²) < 4.78 is 5.88. The maximum Gasteiger partial charge on any atom is 0.335 e. The SMILES string of the molecule is Cc1ccc2c(c1)N(Cc1cccc(C(=O)O)c1)CC(C)O2. The van der Waals surface area contributed by atoms with Gasteiger partial charge in [-0.2, -0.15) is 0 Å². The van der Waals surface area contributed by atoms with Crippen LogP contribution in [0.25, 0.3) is 0 Å². The van der Waals surface area contributed by atoms with Crippen molar-refractivity contribution in [2.24, 2.45) is 0 Å². The van der Waals surface area contributed by atoms with Gasteiger partial charge in [-0.15, -0.1) is 0 Å². The van der Waals surface area contributed by atoms with E-state index in [-0.39, 0.29) is 6.10 Å². The third-order valence-electron chi connectivity index (χ3n) is 3.81. The predicted molar refractivity (Wildman–Crippen MR) is 85.7 cm³/mol. The second kappa shape index (κ2) is 5.72. The Labute approximate surface area is 130 Å². The van der Waals surface area contributed by atoms with Crippen molar-refractivity contribution in [3.63, 3.8) is 0 Å². The van der Waals surface area contributed by atoms with Gasteiger partial charge in [0.15, 0.2) is 0 Å². The van der Waals surface area contributed by atoms with E-state index in [1.54, 1.807) is 18.2 Å². The van der Waals surface area contributed by atoms with Crippen LogP contribution in [0.4, 0.5) is 5.69 Å². The number of hydrogen-bond donors (Lipinski definition) is 1. The molecule has 1 unspecified atom stereocenters. The molecule has 4 nitrogen and oxygen atoms in total. The van der Waals surface area contributed by atoms with E-state index >= 15 is 0 Å². The minimum Gasteiger partial charge on any atom is -0.487 e. The van der Waals surface area contributed by atoms with E-state index in [2.05, 4.69) is 17.9 Å². The Morgan fingerprint density at radius 1 is 1.32 bits per heavy atom. The van der Waals surface area contributed by atoms with Crippen molar-refractivity contribution >= 4 is 11.7 Å². The minimum absolute atomic E-state index is 0.109. The molecule has 0 saturated carbocycles. The topological polar surface area (TPSA) is 49.8 Å². The lowest BCUT2D eigenvalue weighted by atomic mass is 10.1. The van der Waals surface area contributed by atoms with Crippen LogP contribution in [-0.4, -0.2) is 23.7 Å². The third-order valence-corrected chi connectivity index (χ3v) is 3.81. The number of aromatic carboxylic acids is 1. The van der Waals surface area contributed by atoms with Gasteiger partial charge in [-0.3, -0.25) is 0 Å². The van der Waals surface area contributed by atoms with Crippen LogP contribution in [-0.2, 0) is 6.54 Å². The van der Waals surface area contributed by atoms with Crippen LogP contribution >= 0.6 is 0 Å². The molecule has 0 bridgehead atoms. The van der Waals surface area contributed by atoms with Gasteiger partial charge in [0.05, 0.1) is 17.8 Å². The largest absolute Gasteiger partial charge is 0.487 e. The number of carboxylic acids is 1. The van der Waals surface area contributed by atoms with Crippen molar-refractivity contribution in [2.45, 2.75) is 26.5 Å². The summed E-state index contributed by atoms with van der Waals surface area (Å²) in [5.41, 5.74) is 3.56. The van der Waals surface area contributed by atoms with Gasteiger partial charge in [0.2, 0.25) is 0 Å². The van der Waals surface area contributed by atoms with Crippen LogP contribution < -0.4 is 9.64 Å². The zero-order chi connectivity index (χ0) is 15.7. The molecule has 4 heteroatoms. The molecular weight excluding hydrogens is 278 g/mol. The first-order chi connectivity index (χ1) is 10.5. The van der Waals surface area contributed by atoms with Gasteiger partial charge < -0.3 is 14.7 Å². The molecule has 0 amide bonds. The number of aryl methyl sites for hydroxylation is 1. The highest BCUT2D eigenvalue weighted by Crippen LogP contribution is 2.35. The number of carboxylic acid groups (broad SMARTS) is 1. The maximum absolute atomic E-state index is 11.1. The molecule has 0 aromatic heterocycles. The molecule has 0 aliphatic carbocycles. The van der Waals surface area contributed by atoms with Crippen LogP contribution in [0.3, 0.4) is 0 Å². The van der Waals surface area contributed by atoms with Crippen LogP contribution in [0.15, 0.2) is 42.5 Å². The van der Waals surface area contributed by atoms with Crippen molar-refractivity contribution in [1.29, 1.82) is 0 Å². The van der Waals surface area contributed by atoms with Crippen molar-refractivity contribution in [1.82, 2.24) is 0 Å². The number of hydrogen-bond acceptors (Lipinski definition) is 3. The second-order valence-corrected chi connectivity index (χ2v) is 5.79. The van der Waals surface area contributed by atoms with E-state index < -0.39 is 5.97 Å². The third kappa shape index (κ3) is 2.91. The first kappa shape index (κ1) is 14.4. The molecular formula is C18H19NO3. The minimum atomic E-state index is -0.895. The number of nitrogens with zero attached hydrogens (tertiary/aromatic N) is 1. The van der Waals surface area contributed by atoms with Gasteiger partial charge in [0.25, 0.3) is 0 Å². The fourth-order valence-corrected chi connectivity index (χ4v) is 2.81. The van der Waals surface area contributed by atoms with Crippen LogP contribution in [0.5, 0.6) is 5.75 Å². The summed E-state index contributed by atoms with van der Waals surface area (Å²) >= 11 is 0.